The van der Waals surface area contributed by atoms with Gasteiger partial charge in [-0.2, -0.15) is 0 Å². The molecule has 1 fully saturated rings. The van der Waals surface area contributed by atoms with Crippen molar-refractivity contribution < 1.29 is 121 Å². The number of esters is 1. The third-order valence-corrected chi connectivity index (χ3v) is 15.9. The van der Waals surface area contributed by atoms with Crippen LogP contribution in [-0.4, -0.2) is 78.8 Å². The van der Waals surface area contributed by atoms with E-state index in [1.54, 1.807) is 30.3 Å². The first-order valence-corrected chi connectivity index (χ1v) is 27.0. The van der Waals surface area contributed by atoms with Crippen LogP contribution in [-0.2, 0) is 39.4 Å². The molecule has 1 saturated carbocycles. The molecular formula is C46H52Br2HgN2Na2O9Pb+4. The number of benzene rings is 4. The summed E-state index contributed by atoms with van der Waals surface area (Å²) in [5, 5.41) is 27.7. The van der Waals surface area contributed by atoms with E-state index in [1.807, 2.05) is 32.0 Å². The molecule has 3 aliphatic rings. The molecule has 3 atom stereocenters. The van der Waals surface area contributed by atoms with Crippen molar-refractivity contribution in [3.05, 3.63) is 96.5 Å². The zero-order chi connectivity index (χ0) is 44.4. The first-order valence-electron chi connectivity index (χ1n) is 20.2. The van der Waals surface area contributed by atoms with Crippen molar-refractivity contribution in [2.75, 3.05) is 25.0 Å². The van der Waals surface area contributed by atoms with E-state index in [0.717, 1.165) is 36.3 Å². The molecule has 1 amide bonds. The van der Waals surface area contributed by atoms with Crippen LogP contribution in [0.3, 0.4) is 0 Å². The quantitative estimate of drug-likeness (QED) is 0.118. The topological polar surface area (TPSA) is 172 Å². The molecule has 3 unspecified atom stereocenters. The summed E-state index contributed by atoms with van der Waals surface area (Å²) in [6, 6.07) is 16.7. The fourth-order valence-electron chi connectivity index (χ4n) is 7.66. The van der Waals surface area contributed by atoms with Gasteiger partial charge in [-0.05, 0) is 68.7 Å². The molecule has 2 N–H and O–H groups in total. The van der Waals surface area contributed by atoms with E-state index in [1.165, 1.54) is 31.9 Å². The Morgan fingerprint density at radius 3 is 2.14 bits per heavy atom. The van der Waals surface area contributed by atoms with Gasteiger partial charge in [0.15, 0.2) is 0 Å². The van der Waals surface area contributed by atoms with E-state index < -0.39 is 31.0 Å². The third-order valence-electron chi connectivity index (χ3n) is 10.9. The Bertz CT molecular complexity index is 2340. The van der Waals surface area contributed by atoms with Gasteiger partial charge < -0.3 is 10.1 Å². The van der Waals surface area contributed by atoms with Gasteiger partial charge in [0.25, 0.3) is 0 Å². The first-order chi connectivity index (χ1) is 28.4. The number of halogens is 2. The molecule has 0 radical (unpaired) electrons. The van der Waals surface area contributed by atoms with Crippen molar-refractivity contribution in [3.63, 3.8) is 0 Å². The molecule has 6 rings (SSSR count). The molecule has 0 aromatic heterocycles. The Morgan fingerprint density at radius 2 is 1.59 bits per heavy atom. The predicted octanol–water partition coefficient (Wildman–Crippen LogP) is 1.36. The summed E-state index contributed by atoms with van der Waals surface area (Å²) < 4.78 is 22.0. The summed E-state index contributed by atoms with van der Waals surface area (Å²) in [5.74, 6) is 0.295. The molecule has 1 aliphatic heterocycles. The molecule has 318 valence electrons. The molecule has 63 heavy (non-hydrogen) atoms. The van der Waals surface area contributed by atoms with Gasteiger partial charge in [0.05, 0.1) is 6.54 Å². The molecule has 3 aromatic carbocycles. The number of nitrogens with zero attached hydrogens (tertiary/aromatic N) is 1. The smallest absolute Gasteiger partial charge is 1.00 e. The van der Waals surface area contributed by atoms with Gasteiger partial charge in [-0.25, -0.2) is 0 Å². The molecule has 1 heterocycles. The van der Waals surface area contributed by atoms with E-state index in [9.17, 15) is 32.4 Å². The number of fused-ring (bicyclic) bond motifs is 2. The van der Waals surface area contributed by atoms with Gasteiger partial charge in [0, 0.05) is 12.6 Å². The number of rotatable bonds is 10. The maximum atomic E-state index is 12.5. The van der Waals surface area contributed by atoms with Gasteiger partial charge in [0.2, 0.25) is 5.91 Å². The van der Waals surface area contributed by atoms with Gasteiger partial charge in [-0.15, -0.1) is 0 Å². The van der Waals surface area contributed by atoms with Crippen LogP contribution in [0.25, 0.3) is 33.4 Å². The van der Waals surface area contributed by atoms with Crippen molar-refractivity contribution in [1.29, 1.82) is 0 Å². The normalized spacial score (nSPS) is 15.3. The summed E-state index contributed by atoms with van der Waals surface area (Å²) in [4.78, 5) is 48.9. The predicted molar refractivity (Wildman–Crippen MR) is 241 cm³/mol. The summed E-state index contributed by atoms with van der Waals surface area (Å²) in [7, 11) is 0. The van der Waals surface area contributed by atoms with Crippen molar-refractivity contribution in [2.45, 2.75) is 80.8 Å². The summed E-state index contributed by atoms with van der Waals surface area (Å²) in [6.45, 7) is 18.6. The van der Waals surface area contributed by atoms with Gasteiger partial charge in [-0.3, -0.25) is 14.5 Å². The number of hydrogen-bond acceptors (Lipinski definition) is 10. The standard InChI is InChI=1S/C20H9Br2O5.C14H22N2O.C12H22O2.Hg.2Na.H2O.Pb/c21-13-5-11-17(7-15(13)23)27-18-8-16(24)14(22)6-12(18)19(11)9-3-1-2-4-10(9)20(25)26;1-5-16(6-2)10-13(17)15-14-11(3)8-7-9-12(14)4;1-8(2)11-6-5-9(3)7-12(11)14-10(4)13;;;;;/h1-7,24H,(H,25,26);7-9H,5-6,10H2,1-4H3,(H,15,17);8-9,11-12H,5-7H2,1-4H3;;;;1H2;/q;;;3*+1;;+4/p-3. The molecule has 0 spiro atoms. The minimum atomic E-state index is -2.75. The molecule has 0 saturated heterocycles. The van der Waals surface area contributed by atoms with Crippen LogP contribution in [0.1, 0.15) is 82.3 Å². The number of ether oxygens (including phenoxy) is 1. The number of anilines is 1. The van der Waals surface area contributed by atoms with Crippen LogP contribution in [0.15, 0.2) is 78.8 Å². The summed E-state index contributed by atoms with van der Waals surface area (Å²) in [6.07, 6.45) is 3.69. The monoisotopic (exact) mass is 1390 g/mol. The molecule has 11 nitrogen and oxygen atoms in total. The molecule has 0 bridgehead atoms. The van der Waals surface area contributed by atoms with E-state index >= 15 is 0 Å². The van der Waals surface area contributed by atoms with Crippen LogP contribution >= 0.6 is 31.9 Å². The van der Waals surface area contributed by atoms with Crippen LogP contribution in [0.5, 0.6) is 5.75 Å². The van der Waals surface area contributed by atoms with Crippen LogP contribution < -0.4 is 83.1 Å². The van der Waals surface area contributed by atoms with Crippen molar-refractivity contribution >= 4 is 96.7 Å². The number of carboxylic acids is 1. The zero-order valence-corrected chi connectivity index (χ0v) is 54.5. The van der Waals surface area contributed by atoms with Gasteiger partial charge >= 0.3 is 287 Å². The van der Waals surface area contributed by atoms with Crippen LogP contribution in [0.2, 0.25) is 0 Å². The molecular weight excluding hydrogens is 1340 g/mol. The van der Waals surface area contributed by atoms with E-state index in [2.05, 4.69) is 76.7 Å². The number of nitrogens with one attached hydrogen (secondary N) is 1. The van der Waals surface area contributed by atoms with Gasteiger partial charge in [0.1, 0.15) is 6.10 Å². The van der Waals surface area contributed by atoms with Crippen molar-refractivity contribution in [1.82, 2.24) is 4.90 Å². The molecule has 3 aromatic rings. The molecule has 2 aliphatic carbocycles. The fourth-order valence-corrected chi connectivity index (χ4v) is 12.4. The maximum Gasteiger partial charge on any atom is 4.00 e. The second-order valence-electron chi connectivity index (χ2n) is 15.5. The van der Waals surface area contributed by atoms with Gasteiger partial charge in [-0.1, -0.05) is 59.2 Å². The average Bonchev–Trinajstić information content (AvgIpc) is 3.19. The Kier molecular flexibility index (Phi) is 27.4. The Labute approximate surface area is 464 Å². The summed E-state index contributed by atoms with van der Waals surface area (Å²) in [5.41, 5.74) is 4.31. The minimum Gasteiger partial charge on any atom is 1.00 e. The number of likely N-dealkylation sites (N-methyl/N-ethyl adjacent to an activating group) is 1. The maximum absolute atomic E-state index is 12.5. The number of carboxylic acid groups (broad SMARTS) is 1. The first kappa shape index (κ1) is 60.3. The number of para-hydroxylation sites is 1. The Morgan fingerprint density at radius 1 is 0.968 bits per heavy atom. The summed E-state index contributed by atoms with van der Waals surface area (Å²) >= 11 is 3.71. The second kappa shape index (κ2) is 28.6. The SMILES string of the molecule is CC(=O)OC1CC(C)CCC1C(C)C.CCN(CC)CC(=O)Nc1c(C)cccc1C.O=C([O-])c1ccccc1-c1c2cc(Br)c(=O)cc-2oc2[c]([Hg][OH])c([O-])c(Br)cc12.[Na+].[Na+].[Pb+4]. The number of aromatic carboxylic acids is 1. The third kappa shape index (κ3) is 16.2. The minimum absolute atomic E-state index is 0. The van der Waals surface area contributed by atoms with Crippen LogP contribution in [0, 0.1) is 31.6 Å². The van der Waals surface area contributed by atoms with Crippen molar-refractivity contribution in [2.24, 2.45) is 17.8 Å². The average molecular weight is 1390 g/mol. The second-order valence-corrected chi connectivity index (χ2v) is 21.2. The van der Waals surface area contributed by atoms with E-state index in [-0.39, 0.29) is 144 Å². The zero-order valence-electron chi connectivity index (χ0n) is 37.9. The Balaban J connectivity index is 0.000000503. The molecule has 17 heteroatoms. The number of carbonyl (C=O) groups is 3. The van der Waals surface area contributed by atoms with E-state index in [0.29, 0.717) is 46.4 Å². The largest absolute Gasteiger partial charge is 4.00 e. The Hall–Kier alpha value is -0.703. The van der Waals surface area contributed by atoms with E-state index in [4.69, 9.17) is 9.15 Å². The van der Waals surface area contributed by atoms with Crippen LogP contribution in [0.4, 0.5) is 5.69 Å². The number of hydrogen-bond donors (Lipinski definition) is 2. The number of amides is 1. The number of carbonyl (C=O) groups excluding carboxylic acids is 3. The van der Waals surface area contributed by atoms with Crippen molar-refractivity contribution in [3.8, 4) is 28.2 Å². The fraction of sp³-hybridized carbons (Fsp3) is 0.391. The number of aryl methyl sites for hydroxylation is 2.